The Labute approximate surface area is 101 Å². The Bertz CT molecular complexity index is 561. The summed E-state index contributed by atoms with van der Waals surface area (Å²) >= 11 is 0. The molecule has 2 N–H and O–H groups in total. The standard InChI is InChI=1S/C12H11F3N2O/c1-7-10(6-16)11(18-17-7)8-3-2-4-9(5-8)12(13,14)15/h2-5H,6,16H2,1H3. The van der Waals surface area contributed by atoms with Crippen molar-refractivity contribution in [3.05, 3.63) is 41.1 Å². The van der Waals surface area contributed by atoms with Crippen LogP contribution in [0.4, 0.5) is 13.2 Å². The maximum Gasteiger partial charge on any atom is 0.416 e. The first-order valence-electron chi connectivity index (χ1n) is 5.26. The number of nitrogens with zero attached hydrogens (tertiary/aromatic N) is 1. The summed E-state index contributed by atoms with van der Waals surface area (Å²) in [5, 5.41) is 3.72. The summed E-state index contributed by atoms with van der Waals surface area (Å²) in [6.07, 6.45) is -4.38. The van der Waals surface area contributed by atoms with Crippen LogP contribution in [-0.4, -0.2) is 5.16 Å². The van der Waals surface area contributed by atoms with E-state index in [2.05, 4.69) is 5.16 Å². The molecule has 0 unspecified atom stereocenters. The molecule has 0 amide bonds. The van der Waals surface area contributed by atoms with Crippen LogP contribution in [0.5, 0.6) is 0 Å². The van der Waals surface area contributed by atoms with E-state index in [-0.39, 0.29) is 6.54 Å². The Balaban J connectivity index is 2.51. The molecule has 2 aromatic rings. The van der Waals surface area contributed by atoms with Gasteiger partial charge in [-0.1, -0.05) is 17.3 Å². The normalized spacial score (nSPS) is 11.8. The molecule has 0 aliphatic heterocycles. The first kappa shape index (κ1) is 12.6. The molecule has 0 saturated heterocycles. The van der Waals surface area contributed by atoms with Crippen molar-refractivity contribution in [2.45, 2.75) is 19.6 Å². The summed E-state index contributed by atoms with van der Waals surface area (Å²) in [5.74, 6) is 0.293. The lowest BCUT2D eigenvalue weighted by atomic mass is 10.0. The van der Waals surface area contributed by atoms with Gasteiger partial charge in [0, 0.05) is 17.7 Å². The molecule has 0 bridgehead atoms. The summed E-state index contributed by atoms with van der Waals surface area (Å²) in [6, 6.07) is 4.90. The largest absolute Gasteiger partial charge is 0.416 e. The maximum absolute atomic E-state index is 12.6. The molecular formula is C12H11F3N2O. The highest BCUT2D eigenvalue weighted by molar-refractivity contribution is 5.63. The molecule has 6 heteroatoms. The van der Waals surface area contributed by atoms with Gasteiger partial charge >= 0.3 is 6.18 Å². The van der Waals surface area contributed by atoms with Gasteiger partial charge in [-0.2, -0.15) is 13.2 Å². The van der Waals surface area contributed by atoms with Crippen LogP contribution in [0.1, 0.15) is 16.8 Å². The van der Waals surface area contributed by atoms with E-state index in [1.807, 2.05) is 0 Å². The number of aromatic nitrogens is 1. The van der Waals surface area contributed by atoms with Crippen LogP contribution < -0.4 is 5.73 Å². The molecule has 0 spiro atoms. The van der Waals surface area contributed by atoms with E-state index in [0.717, 1.165) is 12.1 Å². The van der Waals surface area contributed by atoms with Crippen molar-refractivity contribution in [1.82, 2.24) is 5.16 Å². The Morgan fingerprint density at radius 1 is 1.33 bits per heavy atom. The minimum Gasteiger partial charge on any atom is -0.356 e. The van der Waals surface area contributed by atoms with Gasteiger partial charge in [0.2, 0.25) is 0 Å². The Morgan fingerprint density at radius 2 is 2.06 bits per heavy atom. The number of nitrogens with two attached hydrogens (primary N) is 1. The van der Waals surface area contributed by atoms with Crippen molar-refractivity contribution in [3.8, 4) is 11.3 Å². The van der Waals surface area contributed by atoms with Crippen molar-refractivity contribution >= 4 is 0 Å². The van der Waals surface area contributed by atoms with E-state index in [1.54, 1.807) is 6.92 Å². The van der Waals surface area contributed by atoms with E-state index in [9.17, 15) is 13.2 Å². The second-order valence-corrected chi connectivity index (χ2v) is 3.86. The van der Waals surface area contributed by atoms with Crippen LogP contribution in [-0.2, 0) is 12.7 Å². The van der Waals surface area contributed by atoms with Gasteiger partial charge in [-0.3, -0.25) is 0 Å². The molecule has 3 nitrogen and oxygen atoms in total. The van der Waals surface area contributed by atoms with Gasteiger partial charge in [0.15, 0.2) is 5.76 Å². The highest BCUT2D eigenvalue weighted by Gasteiger charge is 2.31. The average molecular weight is 256 g/mol. The second kappa shape index (κ2) is 4.45. The summed E-state index contributed by atoms with van der Waals surface area (Å²) in [5.41, 5.74) is 6.34. The lowest BCUT2D eigenvalue weighted by molar-refractivity contribution is -0.137. The maximum atomic E-state index is 12.6. The Kier molecular flexibility index (Phi) is 3.13. The van der Waals surface area contributed by atoms with Crippen molar-refractivity contribution in [3.63, 3.8) is 0 Å². The Hall–Kier alpha value is -1.82. The highest BCUT2D eigenvalue weighted by Crippen LogP contribution is 2.33. The molecule has 18 heavy (non-hydrogen) atoms. The molecule has 0 atom stereocenters. The lowest BCUT2D eigenvalue weighted by Crippen LogP contribution is -2.05. The minimum absolute atomic E-state index is 0.168. The number of rotatable bonds is 2. The van der Waals surface area contributed by atoms with Crippen LogP contribution in [0.3, 0.4) is 0 Å². The highest BCUT2D eigenvalue weighted by atomic mass is 19.4. The molecule has 0 fully saturated rings. The third-order valence-corrected chi connectivity index (χ3v) is 2.64. The quantitative estimate of drug-likeness (QED) is 0.898. The second-order valence-electron chi connectivity index (χ2n) is 3.86. The summed E-state index contributed by atoms with van der Waals surface area (Å²) in [7, 11) is 0. The first-order chi connectivity index (χ1) is 8.43. The number of hydrogen-bond acceptors (Lipinski definition) is 3. The van der Waals surface area contributed by atoms with Gasteiger partial charge in [0.1, 0.15) is 0 Å². The number of alkyl halides is 3. The SMILES string of the molecule is Cc1noc(-c2cccc(C(F)(F)F)c2)c1CN. The summed E-state index contributed by atoms with van der Waals surface area (Å²) in [6.45, 7) is 1.86. The zero-order valence-electron chi connectivity index (χ0n) is 9.58. The summed E-state index contributed by atoms with van der Waals surface area (Å²) in [4.78, 5) is 0. The molecule has 0 aliphatic rings. The van der Waals surface area contributed by atoms with E-state index < -0.39 is 11.7 Å². The fourth-order valence-electron chi connectivity index (χ4n) is 1.69. The number of aryl methyl sites for hydroxylation is 1. The number of hydrogen-bond donors (Lipinski definition) is 1. The van der Waals surface area contributed by atoms with Gasteiger partial charge in [-0.15, -0.1) is 0 Å². The predicted molar refractivity (Wildman–Crippen MR) is 59.6 cm³/mol. The number of benzene rings is 1. The lowest BCUT2D eigenvalue weighted by Gasteiger charge is -2.07. The molecule has 0 radical (unpaired) electrons. The third kappa shape index (κ3) is 2.24. The molecule has 96 valence electrons. The third-order valence-electron chi connectivity index (χ3n) is 2.64. The smallest absolute Gasteiger partial charge is 0.356 e. The van der Waals surface area contributed by atoms with Gasteiger partial charge in [0.25, 0.3) is 0 Å². The van der Waals surface area contributed by atoms with Crippen LogP contribution >= 0.6 is 0 Å². The van der Waals surface area contributed by atoms with Crippen LogP contribution in [0.2, 0.25) is 0 Å². The molecule has 2 rings (SSSR count). The van der Waals surface area contributed by atoms with E-state index in [1.165, 1.54) is 12.1 Å². The molecular weight excluding hydrogens is 245 g/mol. The van der Waals surface area contributed by atoms with Crippen molar-refractivity contribution in [2.75, 3.05) is 0 Å². The van der Waals surface area contributed by atoms with Gasteiger partial charge < -0.3 is 10.3 Å². The van der Waals surface area contributed by atoms with Crippen LogP contribution in [0, 0.1) is 6.92 Å². The number of halogens is 3. The molecule has 0 saturated carbocycles. The van der Waals surface area contributed by atoms with Gasteiger partial charge in [0.05, 0.1) is 11.3 Å². The predicted octanol–water partition coefficient (Wildman–Crippen LogP) is 3.13. The van der Waals surface area contributed by atoms with Crippen LogP contribution in [0.15, 0.2) is 28.8 Å². The van der Waals surface area contributed by atoms with Gasteiger partial charge in [-0.25, -0.2) is 0 Å². The van der Waals surface area contributed by atoms with Crippen LogP contribution in [0.25, 0.3) is 11.3 Å². The summed E-state index contributed by atoms with van der Waals surface area (Å²) < 4.78 is 42.8. The average Bonchev–Trinajstić information content (AvgIpc) is 2.69. The Morgan fingerprint density at radius 3 is 2.67 bits per heavy atom. The first-order valence-corrected chi connectivity index (χ1v) is 5.26. The monoisotopic (exact) mass is 256 g/mol. The van der Waals surface area contributed by atoms with E-state index in [0.29, 0.717) is 22.6 Å². The van der Waals surface area contributed by atoms with Crippen molar-refractivity contribution in [1.29, 1.82) is 0 Å². The van der Waals surface area contributed by atoms with Crippen molar-refractivity contribution in [2.24, 2.45) is 5.73 Å². The van der Waals surface area contributed by atoms with E-state index >= 15 is 0 Å². The zero-order valence-corrected chi connectivity index (χ0v) is 9.58. The molecule has 0 aliphatic carbocycles. The molecule has 1 aromatic heterocycles. The molecule has 1 heterocycles. The minimum atomic E-state index is -4.38. The fraction of sp³-hybridized carbons (Fsp3) is 0.250. The zero-order chi connectivity index (χ0) is 13.3. The van der Waals surface area contributed by atoms with Crippen molar-refractivity contribution < 1.29 is 17.7 Å². The van der Waals surface area contributed by atoms with Gasteiger partial charge in [-0.05, 0) is 19.1 Å². The topological polar surface area (TPSA) is 52.0 Å². The van der Waals surface area contributed by atoms with E-state index in [4.69, 9.17) is 10.3 Å². The fourth-order valence-corrected chi connectivity index (χ4v) is 1.69. The molecule has 1 aromatic carbocycles.